The summed E-state index contributed by atoms with van der Waals surface area (Å²) in [6.07, 6.45) is 1.71. The molecule has 0 radical (unpaired) electrons. The lowest BCUT2D eigenvalue weighted by atomic mass is 10.2. The van der Waals surface area contributed by atoms with Crippen LogP contribution in [0.3, 0.4) is 0 Å². The molecule has 0 spiro atoms. The molecule has 3 aromatic rings. The molecule has 0 saturated heterocycles. The Morgan fingerprint density at radius 3 is 2.48 bits per heavy atom. The van der Waals surface area contributed by atoms with Crippen LogP contribution in [0, 0.1) is 0 Å². The number of benzene rings is 2. The van der Waals surface area contributed by atoms with Crippen molar-refractivity contribution in [3.63, 3.8) is 0 Å². The van der Waals surface area contributed by atoms with Gasteiger partial charge < -0.3 is 5.32 Å². The van der Waals surface area contributed by atoms with Crippen molar-refractivity contribution >= 4 is 69.8 Å². The van der Waals surface area contributed by atoms with Crippen molar-refractivity contribution in [3.8, 4) is 11.4 Å². The van der Waals surface area contributed by atoms with E-state index in [0.717, 1.165) is 0 Å². The minimum absolute atomic E-state index is 0.0885. The molecular formula is C19H14Cl4N4OS. The summed E-state index contributed by atoms with van der Waals surface area (Å²) in [6, 6.07) is 10.1. The zero-order chi connectivity index (χ0) is 21.0. The van der Waals surface area contributed by atoms with Crippen LogP contribution < -0.4 is 5.32 Å². The van der Waals surface area contributed by atoms with Crippen LogP contribution >= 0.6 is 58.2 Å². The van der Waals surface area contributed by atoms with Crippen molar-refractivity contribution < 1.29 is 4.79 Å². The van der Waals surface area contributed by atoms with E-state index in [0.29, 0.717) is 48.9 Å². The van der Waals surface area contributed by atoms with Gasteiger partial charge in [0, 0.05) is 17.1 Å². The molecule has 0 unspecified atom stereocenters. The lowest BCUT2D eigenvalue weighted by molar-refractivity contribution is -0.113. The summed E-state index contributed by atoms with van der Waals surface area (Å²) >= 11 is 25.7. The number of para-hydroxylation sites is 1. The highest BCUT2D eigenvalue weighted by molar-refractivity contribution is 7.99. The second-order valence-electron chi connectivity index (χ2n) is 5.76. The van der Waals surface area contributed by atoms with E-state index in [1.165, 1.54) is 11.8 Å². The van der Waals surface area contributed by atoms with Gasteiger partial charge in [0.1, 0.15) is 0 Å². The molecule has 0 aliphatic heterocycles. The first-order chi connectivity index (χ1) is 13.9. The SMILES string of the molecule is C=CCn1c(SCC(=O)Nc2c(Cl)cccc2Cl)nnc1-c1ccc(Cl)cc1Cl. The van der Waals surface area contributed by atoms with E-state index >= 15 is 0 Å². The Morgan fingerprint density at radius 2 is 1.83 bits per heavy atom. The van der Waals surface area contributed by atoms with E-state index in [1.54, 1.807) is 42.5 Å². The van der Waals surface area contributed by atoms with Crippen LogP contribution in [-0.4, -0.2) is 26.4 Å². The summed E-state index contributed by atoms with van der Waals surface area (Å²) in [4.78, 5) is 12.4. The van der Waals surface area contributed by atoms with E-state index in [1.807, 2.05) is 4.57 Å². The van der Waals surface area contributed by atoms with E-state index in [-0.39, 0.29) is 11.7 Å². The first-order valence-corrected chi connectivity index (χ1v) is 10.8. The Balaban J connectivity index is 1.78. The standard InChI is InChI=1S/C19H14Cl4N4OS/c1-2-8-27-18(12-7-6-11(20)9-15(12)23)25-26-19(27)29-10-16(28)24-17-13(21)4-3-5-14(17)22/h2-7,9H,1,8,10H2,(H,24,28). The van der Waals surface area contributed by atoms with Gasteiger partial charge in [-0.1, -0.05) is 70.3 Å². The number of nitrogens with zero attached hydrogens (tertiary/aromatic N) is 3. The molecule has 1 amide bonds. The molecule has 1 aromatic heterocycles. The Labute approximate surface area is 192 Å². The zero-order valence-corrected chi connectivity index (χ0v) is 18.7. The van der Waals surface area contributed by atoms with Crippen LogP contribution in [0.25, 0.3) is 11.4 Å². The summed E-state index contributed by atoms with van der Waals surface area (Å²) in [5.74, 6) is 0.374. The van der Waals surface area contributed by atoms with Crippen LogP contribution in [0.15, 0.2) is 54.2 Å². The lowest BCUT2D eigenvalue weighted by Gasteiger charge is -2.10. The molecule has 29 heavy (non-hydrogen) atoms. The molecule has 0 aliphatic carbocycles. The molecule has 1 heterocycles. The van der Waals surface area contributed by atoms with Crippen LogP contribution in [0.2, 0.25) is 20.1 Å². The molecule has 0 atom stereocenters. The molecule has 3 rings (SSSR count). The first-order valence-electron chi connectivity index (χ1n) is 8.27. The maximum absolute atomic E-state index is 12.4. The number of carbonyl (C=O) groups excluding carboxylic acids is 1. The van der Waals surface area contributed by atoms with Crippen molar-refractivity contribution in [1.29, 1.82) is 0 Å². The van der Waals surface area contributed by atoms with Crippen molar-refractivity contribution in [2.24, 2.45) is 0 Å². The molecule has 0 fully saturated rings. The zero-order valence-electron chi connectivity index (χ0n) is 14.8. The van der Waals surface area contributed by atoms with Crippen molar-refractivity contribution in [2.75, 3.05) is 11.1 Å². The van der Waals surface area contributed by atoms with E-state index in [2.05, 4.69) is 22.1 Å². The van der Waals surface area contributed by atoms with Crippen molar-refractivity contribution in [3.05, 3.63) is 69.1 Å². The minimum atomic E-state index is -0.274. The number of hydrogen-bond donors (Lipinski definition) is 1. The number of nitrogens with one attached hydrogen (secondary N) is 1. The lowest BCUT2D eigenvalue weighted by Crippen LogP contribution is -2.15. The highest BCUT2D eigenvalue weighted by atomic mass is 35.5. The van der Waals surface area contributed by atoms with Crippen LogP contribution in [0.4, 0.5) is 5.69 Å². The minimum Gasteiger partial charge on any atom is -0.323 e. The normalized spacial score (nSPS) is 10.8. The molecule has 150 valence electrons. The molecule has 5 nitrogen and oxygen atoms in total. The number of carbonyl (C=O) groups is 1. The number of aromatic nitrogens is 3. The smallest absolute Gasteiger partial charge is 0.234 e. The third kappa shape index (κ3) is 5.27. The molecule has 2 aromatic carbocycles. The number of halogens is 4. The second kappa shape index (κ2) is 9.87. The molecule has 10 heteroatoms. The van der Waals surface area contributed by atoms with E-state index in [9.17, 15) is 4.79 Å². The van der Waals surface area contributed by atoms with Crippen LogP contribution in [-0.2, 0) is 11.3 Å². The highest BCUT2D eigenvalue weighted by Crippen LogP contribution is 2.32. The van der Waals surface area contributed by atoms with Gasteiger partial charge in [0.2, 0.25) is 5.91 Å². The maximum atomic E-state index is 12.4. The Hall–Kier alpha value is -1.70. The van der Waals surface area contributed by atoms with Crippen molar-refractivity contribution in [2.45, 2.75) is 11.7 Å². The summed E-state index contributed by atoms with van der Waals surface area (Å²) < 4.78 is 1.82. The quantitative estimate of drug-likeness (QED) is 0.306. The summed E-state index contributed by atoms with van der Waals surface area (Å²) in [7, 11) is 0. The fraction of sp³-hybridized carbons (Fsp3) is 0.105. The molecule has 1 N–H and O–H groups in total. The predicted octanol–water partition coefficient (Wildman–Crippen LogP) is 6.48. The second-order valence-corrected chi connectivity index (χ2v) is 8.36. The molecule has 0 bridgehead atoms. The highest BCUT2D eigenvalue weighted by Gasteiger charge is 2.18. The van der Waals surface area contributed by atoms with Crippen LogP contribution in [0.5, 0.6) is 0 Å². The fourth-order valence-electron chi connectivity index (χ4n) is 2.48. The molecule has 0 saturated carbocycles. The molecular weight excluding hydrogens is 474 g/mol. The van der Waals surface area contributed by atoms with Gasteiger partial charge in [0.05, 0.1) is 26.5 Å². The van der Waals surface area contributed by atoms with Gasteiger partial charge in [-0.2, -0.15) is 0 Å². The van der Waals surface area contributed by atoms with Gasteiger partial charge in [-0.3, -0.25) is 9.36 Å². The van der Waals surface area contributed by atoms with Gasteiger partial charge in [0.15, 0.2) is 11.0 Å². The number of rotatable bonds is 7. The maximum Gasteiger partial charge on any atom is 0.234 e. The topological polar surface area (TPSA) is 59.8 Å². The Morgan fingerprint density at radius 1 is 1.10 bits per heavy atom. The summed E-state index contributed by atoms with van der Waals surface area (Å²) in [5.41, 5.74) is 1.06. The molecule has 0 aliphatic rings. The largest absolute Gasteiger partial charge is 0.323 e. The van der Waals surface area contributed by atoms with Gasteiger partial charge in [-0.15, -0.1) is 16.8 Å². The number of amides is 1. The fourth-order valence-corrected chi connectivity index (χ4v) is 4.21. The van der Waals surface area contributed by atoms with Gasteiger partial charge in [-0.05, 0) is 30.3 Å². The average molecular weight is 488 g/mol. The number of hydrogen-bond acceptors (Lipinski definition) is 4. The predicted molar refractivity (Wildman–Crippen MR) is 121 cm³/mol. The van der Waals surface area contributed by atoms with Crippen LogP contribution in [0.1, 0.15) is 0 Å². The number of thioether (sulfide) groups is 1. The number of anilines is 1. The van der Waals surface area contributed by atoms with Gasteiger partial charge in [0.25, 0.3) is 0 Å². The van der Waals surface area contributed by atoms with E-state index < -0.39 is 0 Å². The third-order valence-corrected chi connectivity index (χ3v) is 5.90. The summed E-state index contributed by atoms with van der Waals surface area (Å²) in [6.45, 7) is 4.22. The van der Waals surface area contributed by atoms with E-state index in [4.69, 9.17) is 46.4 Å². The third-order valence-electron chi connectivity index (χ3n) is 3.76. The van der Waals surface area contributed by atoms with Crippen molar-refractivity contribution in [1.82, 2.24) is 14.8 Å². The Bertz CT molecular complexity index is 1050. The van der Waals surface area contributed by atoms with Gasteiger partial charge >= 0.3 is 0 Å². The summed E-state index contributed by atoms with van der Waals surface area (Å²) in [5, 5.41) is 13.4. The first kappa shape index (κ1) is 22.0. The Kier molecular flexibility index (Phi) is 7.49. The monoisotopic (exact) mass is 486 g/mol. The van der Waals surface area contributed by atoms with Gasteiger partial charge in [-0.25, -0.2) is 0 Å². The average Bonchev–Trinajstić information content (AvgIpc) is 3.06. The number of allylic oxidation sites excluding steroid dienone is 1.